The molecule has 1 atom stereocenters. The summed E-state index contributed by atoms with van der Waals surface area (Å²) in [6.45, 7) is 6.05. The minimum atomic E-state index is -0.647. The van der Waals surface area contributed by atoms with Gasteiger partial charge in [0.05, 0.1) is 39.5 Å². The zero-order chi connectivity index (χ0) is 28.7. The molecule has 9 heteroatoms. The molecule has 0 bridgehead atoms. The van der Waals surface area contributed by atoms with Crippen LogP contribution in [0.2, 0.25) is 0 Å². The number of para-hydroxylation sites is 1. The zero-order valence-electron chi connectivity index (χ0n) is 23.1. The molecule has 1 aliphatic rings. The average molecular weight is 581 g/mol. The second-order valence-electron chi connectivity index (χ2n) is 10.1. The fraction of sp³-hybridized carbons (Fsp3) is 0.188. The number of allylic oxidation sites excluding steroid dienone is 1. The summed E-state index contributed by atoms with van der Waals surface area (Å²) in [6, 6.07) is 21.3. The van der Waals surface area contributed by atoms with Crippen LogP contribution in [-0.4, -0.2) is 27.4 Å². The molecule has 1 aliphatic heterocycles. The molecule has 6 rings (SSSR count). The van der Waals surface area contributed by atoms with Crippen LogP contribution in [0.25, 0.3) is 22.3 Å². The van der Waals surface area contributed by atoms with Crippen LogP contribution in [-0.2, 0) is 9.53 Å². The third-order valence-corrected chi connectivity index (χ3v) is 9.01. The van der Waals surface area contributed by atoms with E-state index in [4.69, 9.17) is 9.84 Å². The third-order valence-electron chi connectivity index (χ3n) is 7.15. The van der Waals surface area contributed by atoms with Gasteiger partial charge in [0.1, 0.15) is 5.69 Å². The molecular weight excluding hydrogens is 553 g/mol. The Hall–Kier alpha value is -4.34. The van der Waals surface area contributed by atoms with E-state index < -0.39 is 12.0 Å². The second-order valence-corrected chi connectivity index (χ2v) is 12.0. The van der Waals surface area contributed by atoms with Crippen LogP contribution >= 0.6 is 22.7 Å². The van der Waals surface area contributed by atoms with Crippen LogP contribution < -0.4 is 14.9 Å². The zero-order valence-corrected chi connectivity index (χ0v) is 24.7. The van der Waals surface area contributed by atoms with Crippen molar-refractivity contribution in [2.45, 2.75) is 32.7 Å². The molecule has 0 radical (unpaired) electrons. The maximum Gasteiger partial charge on any atom is 0.338 e. The Balaban J connectivity index is 1.54. The lowest BCUT2D eigenvalue weighted by Crippen LogP contribution is -2.39. The van der Waals surface area contributed by atoms with Crippen LogP contribution in [0, 0.1) is 0 Å². The Kier molecular flexibility index (Phi) is 7.15. The number of carbonyl (C=O) groups is 1. The highest BCUT2D eigenvalue weighted by Crippen LogP contribution is 2.32. The minimum Gasteiger partial charge on any atom is -0.466 e. The average Bonchev–Trinajstić information content (AvgIpc) is 3.72. The topological polar surface area (TPSA) is 78.5 Å². The highest BCUT2D eigenvalue weighted by molar-refractivity contribution is 7.13. The van der Waals surface area contributed by atoms with Crippen molar-refractivity contribution in [3.05, 3.63) is 126 Å². The number of thiophene rings is 1. The van der Waals surface area contributed by atoms with E-state index in [0.29, 0.717) is 26.5 Å². The number of aromatic nitrogens is 3. The Morgan fingerprint density at radius 1 is 1.05 bits per heavy atom. The van der Waals surface area contributed by atoms with E-state index in [1.807, 2.05) is 89.1 Å². The number of esters is 1. The number of rotatable bonds is 6. The van der Waals surface area contributed by atoms with Crippen molar-refractivity contribution in [3.63, 3.8) is 0 Å². The van der Waals surface area contributed by atoms with Crippen LogP contribution in [0.3, 0.4) is 0 Å². The van der Waals surface area contributed by atoms with E-state index in [2.05, 4.69) is 18.8 Å². The minimum absolute atomic E-state index is 0.217. The van der Waals surface area contributed by atoms with Crippen molar-refractivity contribution in [2.75, 3.05) is 7.11 Å². The van der Waals surface area contributed by atoms with Gasteiger partial charge in [-0.15, -0.1) is 11.3 Å². The van der Waals surface area contributed by atoms with Crippen LogP contribution in [0.4, 0.5) is 0 Å². The molecule has 0 spiro atoms. The first-order valence-corrected chi connectivity index (χ1v) is 14.9. The lowest BCUT2D eigenvalue weighted by molar-refractivity contribution is -0.136. The second kappa shape index (κ2) is 10.9. The van der Waals surface area contributed by atoms with Crippen molar-refractivity contribution in [3.8, 4) is 16.3 Å². The molecule has 7 nitrogen and oxygen atoms in total. The van der Waals surface area contributed by atoms with Gasteiger partial charge in [-0.3, -0.25) is 9.36 Å². The van der Waals surface area contributed by atoms with Gasteiger partial charge >= 0.3 is 5.97 Å². The van der Waals surface area contributed by atoms with Gasteiger partial charge in [-0.25, -0.2) is 14.5 Å². The number of fused-ring (bicyclic) bond motifs is 1. The van der Waals surface area contributed by atoms with Gasteiger partial charge in [-0.2, -0.15) is 5.10 Å². The van der Waals surface area contributed by atoms with E-state index in [-0.39, 0.29) is 5.56 Å². The lowest BCUT2D eigenvalue weighted by Gasteiger charge is -2.24. The molecule has 0 saturated carbocycles. The predicted octanol–water partition coefficient (Wildman–Crippen LogP) is 5.45. The SMILES string of the molecule is COC(=O)C1=C(C)N=c2sc(=Cc3cn(-c4ccccc4)nc3-c3cccs3)c(=O)n2C1c1ccc(C(C)C)cc1. The first-order valence-electron chi connectivity index (χ1n) is 13.3. The van der Waals surface area contributed by atoms with E-state index >= 15 is 0 Å². The molecular formula is C32H28N4O3S2. The Morgan fingerprint density at radius 2 is 1.80 bits per heavy atom. The Morgan fingerprint density at radius 3 is 2.46 bits per heavy atom. The fourth-order valence-corrected chi connectivity index (χ4v) is 6.79. The van der Waals surface area contributed by atoms with E-state index in [9.17, 15) is 9.59 Å². The molecule has 41 heavy (non-hydrogen) atoms. The van der Waals surface area contributed by atoms with Crippen molar-refractivity contribution >= 4 is 34.7 Å². The number of nitrogens with zero attached hydrogens (tertiary/aromatic N) is 4. The summed E-state index contributed by atoms with van der Waals surface area (Å²) in [5.41, 5.74) is 5.23. The molecule has 0 aliphatic carbocycles. The largest absolute Gasteiger partial charge is 0.466 e. The highest BCUT2D eigenvalue weighted by atomic mass is 32.1. The number of methoxy groups -OCH3 is 1. The van der Waals surface area contributed by atoms with Gasteiger partial charge in [-0.1, -0.05) is 73.7 Å². The summed E-state index contributed by atoms with van der Waals surface area (Å²) in [5, 5.41) is 6.88. The normalized spacial score (nSPS) is 15.2. The van der Waals surface area contributed by atoms with Gasteiger partial charge in [0.25, 0.3) is 5.56 Å². The van der Waals surface area contributed by atoms with Gasteiger partial charge in [0.2, 0.25) is 0 Å². The Bertz CT molecular complexity index is 1950. The van der Waals surface area contributed by atoms with Gasteiger partial charge < -0.3 is 4.74 Å². The summed E-state index contributed by atoms with van der Waals surface area (Å²) in [5.74, 6) is -0.139. The number of hydrogen-bond acceptors (Lipinski definition) is 7. The molecule has 2 aromatic carbocycles. The van der Waals surface area contributed by atoms with Gasteiger partial charge in [-0.05, 0) is 53.6 Å². The molecule has 0 N–H and O–H groups in total. The number of carbonyl (C=O) groups excluding carboxylic acids is 1. The summed E-state index contributed by atoms with van der Waals surface area (Å²) >= 11 is 2.90. The van der Waals surface area contributed by atoms with E-state index in [0.717, 1.165) is 27.4 Å². The molecule has 0 saturated heterocycles. The standard InChI is InChI=1S/C32H28N4O3S2/c1-19(2)21-12-14-22(15-13-21)29-27(31(38)39-4)20(3)33-32-36(29)30(37)26(41-32)17-23-18-35(24-9-6-5-7-10-24)34-28(23)25-11-8-16-40-25/h5-19,29H,1-4H3. The fourth-order valence-electron chi connectivity index (χ4n) is 5.02. The van der Waals surface area contributed by atoms with Gasteiger partial charge in [0.15, 0.2) is 4.80 Å². The molecule has 3 aromatic heterocycles. The Labute approximate surface area is 245 Å². The van der Waals surface area contributed by atoms with Crippen LogP contribution in [0.15, 0.2) is 99.4 Å². The van der Waals surface area contributed by atoms with Crippen LogP contribution in [0.1, 0.15) is 49.4 Å². The molecule has 206 valence electrons. The lowest BCUT2D eigenvalue weighted by atomic mass is 9.93. The number of ether oxygens (including phenoxy) is 1. The molecule has 0 amide bonds. The summed E-state index contributed by atoms with van der Waals surface area (Å²) in [4.78, 5) is 33.3. The summed E-state index contributed by atoms with van der Waals surface area (Å²) in [6.07, 6.45) is 3.82. The van der Waals surface area contributed by atoms with Crippen molar-refractivity contribution in [1.29, 1.82) is 0 Å². The molecule has 1 unspecified atom stereocenters. The number of benzene rings is 2. The maximum atomic E-state index is 14.1. The summed E-state index contributed by atoms with van der Waals surface area (Å²) < 4.78 is 9.11. The quantitative estimate of drug-likeness (QED) is 0.251. The monoisotopic (exact) mass is 580 g/mol. The maximum absolute atomic E-state index is 14.1. The first kappa shape index (κ1) is 26.9. The third kappa shape index (κ3) is 4.92. The molecule has 5 aromatic rings. The van der Waals surface area contributed by atoms with E-state index in [1.54, 1.807) is 22.8 Å². The predicted molar refractivity (Wildman–Crippen MR) is 163 cm³/mol. The summed E-state index contributed by atoms with van der Waals surface area (Å²) in [7, 11) is 1.35. The van der Waals surface area contributed by atoms with Crippen molar-refractivity contribution in [2.24, 2.45) is 4.99 Å². The molecule has 4 heterocycles. The van der Waals surface area contributed by atoms with Crippen LogP contribution in [0.5, 0.6) is 0 Å². The smallest absolute Gasteiger partial charge is 0.338 e. The van der Waals surface area contributed by atoms with Crippen molar-refractivity contribution < 1.29 is 9.53 Å². The number of hydrogen-bond donors (Lipinski definition) is 0. The van der Waals surface area contributed by atoms with Crippen molar-refractivity contribution in [1.82, 2.24) is 14.3 Å². The highest BCUT2D eigenvalue weighted by Gasteiger charge is 2.33. The van der Waals surface area contributed by atoms with E-state index in [1.165, 1.54) is 24.0 Å². The number of thiazole rings is 1. The first-order chi connectivity index (χ1) is 19.9. The van der Waals surface area contributed by atoms with Gasteiger partial charge in [0, 0.05) is 11.8 Å². The molecule has 0 fully saturated rings.